The van der Waals surface area contributed by atoms with Crippen molar-refractivity contribution in [2.45, 2.75) is 19.6 Å². The fourth-order valence-electron chi connectivity index (χ4n) is 3.00. The lowest BCUT2D eigenvalue weighted by molar-refractivity contribution is 0.284. The summed E-state index contributed by atoms with van der Waals surface area (Å²) in [6.45, 7) is 1.80. The van der Waals surface area contributed by atoms with E-state index in [0.29, 0.717) is 34.7 Å². The minimum atomic E-state index is 0.339. The zero-order valence-corrected chi connectivity index (χ0v) is 18.6. The monoisotopic (exact) mass is 445 g/mol. The van der Waals surface area contributed by atoms with Crippen molar-refractivity contribution in [2.24, 2.45) is 0 Å². The number of benzene rings is 3. The molecule has 3 aromatic carbocycles. The Balaban J connectivity index is 1.57. The Hall–Kier alpha value is -2.40. The van der Waals surface area contributed by atoms with Crippen molar-refractivity contribution in [2.75, 3.05) is 20.8 Å². The summed E-state index contributed by atoms with van der Waals surface area (Å²) in [5.41, 5.74) is 3.10. The number of methoxy groups -OCH3 is 2. The highest BCUT2D eigenvalue weighted by atomic mass is 35.5. The molecule has 0 amide bonds. The molecule has 0 heterocycles. The van der Waals surface area contributed by atoms with Gasteiger partial charge in [0.15, 0.2) is 11.5 Å². The van der Waals surface area contributed by atoms with Crippen LogP contribution in [0.2, 0.25) is 10.0 Å². The Morgan fingerprint density at radius 3 is 2.27 bits per heavy atom. The van der Waals surface area contributed by atoms with Crippen LogP contribution in [0, 0.1) is 0 Å². The normalized spacial score (nSPS) is 10.7. The number of nitrogens with one attached hydrogen (secondary N) is 1. The number of ether oxygens (including phenoxy) is 3. The van der Waals surface area contributed by atoms with Gasteiger partial charge < -0.3 is 19.5 Å². The molecular weight excluding hydrogens is 421 g/mol. The first-order valence-corrected chi connectivity index (χ1v) is 10.4. The molecule has 0 aliphatic heterocycles. The number of hydrogen-bond donors (Lipinski definition) is 1. The van der Waals surface area contributed by atoms with Crippen LogP contribution in [0.5, 0.6) is 17.2 Å². The van der Waals surface area contributed by atoms with Crippen LogP contribution in [0.4, 0.5) is 0 Å². The van der Waals surface area contributed by atoms with Gasteiger partial charge in [0.05, 0.1) is 14.2 Å². The molecular formula is C24H25Cl2NO3. The molecule has 3 rings (SSSR count). The van der Waals surface area contributed by atoms with E-state index in [-0.39, 0.29) is 0 Å². The van der Waals surface area contributed by atoms with E-state index in [1.54, 1.807) is 20.3 Å². The molecule has 0 saturated carbocycles. The van der Waals surface area contributed by atoms with E-state index in [2.05, 4.69) is 17.4 Å². The van der Waals surface area contributed by atoms with Crippen LogP contribution < -0.4 is 19.5 Å². The molecule has 0 saturated heterocycles. The van der Waals surface area contributed by atoms with Crippen molar-refractivity contribution < 1.29 is 14.2 Å². The second kappa shape index (κ2) is 11.1. The van der Waals surface area contributed by atoms with Crippen LogP contribution in [0.3, 0.4) is 0 Å². The van der Waals surface area contributed by atoms with Crippen LogP contribution in [-0.2, 0) is 19.6 Å². The van der Waals surface area contributed by atoms with Gasteiger partial charge in [-0.1, -0.05) is 53.5 Å². The van der Waals surface area contributed by atoms with Crippen LogP contribution in [0.1, 0.15) is 16.7 Å². The molecule has 0 unspecified atom stereocenters. The van der Waals surface area contributed by atoms with Gasteiger partial charge >= 0.3 is 0 Å². The summed E-state index contributed by atoms with van der Waals surface area (Å²) in [6, 6.07) is 19.4. The molecule has 1 N–H and O–H groups in total. The second-order valence-corrected chi connectivity index (χ2v) is 7.56. The largest absolute Gasteiger partial charge is 0.497 e. The third kappa shape index (κ3) is 6.05. The van der Waals surface area contributed by atoms with Crippen molar-refractivity contribution in [1.82, 2.24) is 5.32 Å². The fourth-order valence-corrected chi connectivity index (χ4v) is 3.41. The minimum Gasteiger partial charge on any atom is -0.497 e. The molecule has 158 valence electrons. The summed E-state index contributed by atoms with van der Waals surface area (Å²) < 4.78 is 16.6. The fraction of sp³-hybridized carbons (Fsp3) is 0.250. The quantitative estimate of drug-likeness (QED) is 0.393. The van der Waals surface area contributed by atoms with Gasteiger partial charge in [-0.3, -0.25) is 0 Å². The Bertz CT molecular complexity index is 961. The zero-order valence-electron chi connectivity index (χ0n) is 17.1. The van der Waals surface area contributed by atoms with Crippen molar-refractivity contribution in [3.63, 3.8) is 0 Å². The van der Waals surface area contributed by atoms with Crippen molar-refractivity contribution in [3.05, 3.63) is 87.4 Å². The summed E-state index contributed by atoms with van der Waals surface area (Å²) in [4.78, 5) is 0. The highest BCUT2D eigenvalue weighted by Gasteiger charge is 2.11. The third-order valence-corrected chi connectivity index (χ3v) is 5.46. The first kappa shape index (κ1) is 22.3. The van der Waals surface area contributed by atoms with Gasteiger partial charge in [0, 0.05) is 28.2 Å². The van der Waals surface area contributed by atoms with Crippen LogP contribution in [-0.4, -0.2) is 20.8 Å². The predicted octanol–water partition coefficient (Wildman–Crippen LogP) is 5.92. The van der Waals surface area contributed by atoms with E-state index in [1.165, 1.54) is 5.56 Å². The zero-order chi connectivity index (χ0) is 21.3. The lowest BCUT2D eigenvalue weighted by Gasteiger charge is -2.15. The van der Waals surface area contributed by atoms with Crippen LogP contribution in [0.25, 0.3) is 0 Å². The van der Waals surface area contributed by atoms with Gasteiger partial charge in [0.2, 0.25) is 0 Å². The van der Waals surface area contributed by atoms with E-state index in [1.807, 2.05) is 42.5 Å². The molecule has 3 aromatic rings. The molecule has 0 aliphatic carbocycles. The Kier molecular flexibility index (Phi) is 8.26. The Morgan fingerprint density at radius 1 is 0.800 bits per heavy atom. The summed E-state index contributed by atoms with van der Waals surface area (Å²) in [6.07, 6.45) is 0.914. The lowest BCUT2D eigenvalue weighted by Crippen LogP contribution is -2.17. The molecule has 0 aromatic heterocycles. The van der Waals surface area contributed by atoms with Crippen molar-refractivity contribution >= 4 is 23.2 Å². The van der Waals surface area contributed by atoms with Crippen molar-refractivity contribution in [1.29, 1.82) is 0 Å². The first-order valence-electron chi connectivity index (χ1n) is 9.67. The molecule has 0 radical (unpaired) electrons. The maximum atomic E-state index is 6.49. The van der Waals surface area contributed by atoms with E-state index in [9.17, 15) is 0 Å². The molecule has 0 aliphatic rings. The van der Waals surface area contributed by atoms with Crippen molar-refractivity contribution in [3.8, 4) is 17.2 Å². The summed E-state index contributed by atoms with van der Waals surface area (Å²) in [5, 5.41) is 4.72. The van der Waals surface area contributed by atoms with E-state index < -0.39 is 0 Å². The average molecular weight is 446 g/mol. The van der Waals surface area contributed by atoms with Gasteiger partial charge in [0.1, 0.15) is 12.4 Å². The van der Waals surface area contributed by atoms with Gasteiger partial charge in [-0.05, 0) is 48.4 Å². The van der Waals surface area contributed by atoms with E-state index in [4.69, 9.17) is 37.4 Å². The Morgan fingerprint density at radius 2 is 1.57 bits per heavy atom. The standard InChI is InChI=1S/C24H25Cl2NO3/c1-28-20-9-7-17(8-10-20)11-12-27-15-19-13-23(29-2)24(14-22(19)26)30-16-18-5-3-4-6-21(18)25/h3-10,13-14,27H,11-12,15-16H2,1-2H3. The number of halogens is 2. The summed E-state index contributed by atoms with van der Waals surface area (Å²) >= 11 is 12.7. The summed E-state index contributed by atoms with van der Waals surface area (Å²) in [5.74, 6) is 2.09. The van der Waals surface area contributed by atoms with Gasteiger partial charge in [0.25, 0.3) is 0 Å². The van der Waals surface area contributed by atoms with Gasteiger partial charge in [-0.2, -0.15) is 0 Å². The second-order valence-electron chi connectivity index (χ2n) is 6.75. The van der Waals surface area contributed by atoms with E-state index >= 15 is 0 Å². The average Bonchev–Trinajstić information content (AvgIpc) is 2.77. The summed E-state index contributed by atoms with van der Waals surface area (Å²) in [7, 11) is 3.29. The third-order valence-electron chi connectivity index (χ3n) is 4.74. The maximum Gasteiger partial charge on any atom is 0.163 e. The van der Waals surface area contributed by atoms with Crippen LogP contribution in [0.15, 0.2) is 60.7 Å². The highest BCUT2D eigenvalue weighted by Crippen LogP contribution is 2.34. The minimum absolute atomic E-state index is 0.339. The molecule has 0 atom stereocenters. The molecule has 0 spiro atoms. The smallest absolute Gasteiger partial charge is 0.163 e. The molecule has 30 heavy (non-hydrogen) atoms. The van der Waals surface area contributed by atoms with E-state index in [0.717, 1.165) is 29.8 Å². The van der Waals surface area contributed by atoms with Crippen LogP contribution >= 0.6 is 23.2 Å². The number of hydrogen-bond acceptors (Lipinski definition) is 4. The molecule has 4 nitrogen and oxygen atoms in total. The Labute approximate surface area is 187 Å². The highest BCUT2D eigenvalue weighted by molar-refractivity contribution is 6.31. The SMILES string of the molecule is COc1ccc(CCNCc2cc(OC)c(OCc3ccccc3Cl)cc2Cl)cc1. The lowest BCUT2D eigenvalue weighted by atomic mass is 10.1. The molecule has 0 fully saturated rings. The first-order chi connectivity index (χ1) is 14.6. The number of rotatable bonds is 10. The molecule has 6 heteroatoms. The predicted molar refractivity (Wildman–Crippen MR) is 122 cm³/mol. The van der Waals surface area contributed by atoms with Gasteiger partial charge in [-0.15, -0.1) is 0 Å². The topological polar surface area (TPSA) is 39.7 Å². The van der Waals surface area contributed by atoms with Gasteiger partial charge in [-0.25, -0.2) is 0 Å². The maximum absolute atomic E-state index is 6.49. The molecule has 0 bridgehead atoms.